The first-order valence-corrected chi connectivity index (χ1v) is 19.6. The molecule has 0 bridgehead atoms. The number of nitrogens with one attached hydrogen (secondary N) is 4. The van der Waals surface area contributed by atoms with Gasteiger partial charge < -0.3 is 39.9 Å². The maximum atomic E-state index is 13.4. The molecule has 4 amide bonds. The molecule has 2 saturated heterocycles. The summed E-state index contributed by atoms with van der Waals surface area (Å²) in [6.07, 6.45) is 10.8. The van der Waals surface area contributed by atoms with Gasteiger partial charge in [-0.2, -0.15) is 0 Å². The Balaban J connectivity index is 0.824. The van der Waals surface area contributed by atoms with E-state index in [2.05, 4.69) is 20.6 Å². The number of fused-ring (bicyclic) bond motifs is 2. The van der Waals surface area contributed by atoms with Gasteiger partial charge in [0.25, 0.3) is 0 Å². The molecule has 0 aliphatic carbocycles. The van der Waals surface area contributed by atoms with E-state index in [0.29, 0.717) is 37.3 Å². The average molecular weight is 779 g/mol. The van der Waals surface area contributed by atoms with Crippen molar-refractivity contribution < 1.29 is 28.7 Å². The van der Waals surface area contributed by atoms with Gasteiger partial charge in [-0.1, -0.05) is 36.4 Å². The molecule has 8 rings (SSSR count). The zero-order valence-corrected chi connectivity index (χ0v) is 32.5. The number of aromatic amines is 2. The van der Waals surface area contributed by atoms with Gasteiger partial charge in [-0.25, -0.2) is 0 Å². The number of carbonyl (C=O) groups is 4. The lowest BCUT2D eigenvalue weighted by atomic mass is 10.1. The monoisotopic (exact) mass is 778 g/mol. The number of benzene rings is 4. The Hall–Kier alpha value is -6.82. The average Bonchev–Trinajstić information content (AvgIpc) is 4.08. The minimum Gasteiger partial charge on any atom is -0.497 e. The summed E-state index contributed by atoms with van der Waals surface area (Å²) in [6.45, 7) is 1.09. The SMILES string of the molecule is COc1ccc2[nH]cc(CC(=O)N3CCC[C@H]3C(=O)Nc3ccc(C=Cc4ccc(NC(=O)[C@@H]5CCCN5C(=O)Cc5c[nH]c6ccc(OC)cc56)cc4)cc3)c2c1. The maximum absolute atomic E-state index is 13.4. The van der Waals surface area contributed by atoms with Gasteiger partial charge in [-0.15, -0.1) is 0 Å². The molecule has 58 heavy (non-hydrogen) atoms. The molecular formula is C46H46N6O6. The van der Waals surface area contributed by atoms with Crippen LogP contribution in [0, 0.1) is 0 Å². The van der Waals surface area contributed by atoms with Crippen LogP contribution in [0.15, 0.2) is 97.3 Å². The largest absolute Gasteiger partial charge is 0.497 e. The Morgan fingerprint density at radius 1 is 0.621 bits per heavy atom. The Labute approximate surface area is 336 Å². The zero-order valence-electron chi connectivity index (χ0n) is 32.5. The summed E-state index contributed by atoms with van der Waals surface area (Å²) in [4.78, 5) is 63.4. The lowest BCUT2D eigenvalue weighted by Gasteiger charge is -2.24. The number of H-pyrrole nitrogens is 2. The van der Waals surface area contributed by atoms with E-state index in [4.69, 9.17) is 9.47 Å². The fourth-order valence-corrected chi connectivity index (χ4v) is 8.06. The first-order chi connectivity index (χ1) is 28.3. The number of rotatable bonds is 12. The molecule has 2 aliphatic rings. The Bertz CT molecular complexity index is 2330. The van der Waals surface area contributed by atoms with Gasteiger partial charge in [0.15, 0.2) is 0 Å². The minimum absolute atomic E-state index is 0.0791. The second-order valence-electron chi connectivity index (χ2n) is 14.9. The quantitative estimate of drug-likeness (QED) is 0.0968. The molecule has 296 valence electrons. The van der Waals surface area contributed by atoms with Crippen molar-refractivity contribution in [2.24, 2.45) is 0 Å². The van der Waals surface area contributed by atoms with Crippen LogP contribution < -0.4 is 20.1 Å². The maximum Gasteiger partial charge on any atom is 0.247 e. The highest BCUT2D eigenvalue weighted by molar-refractivity contribution is 6.00. The van der Waals surface area contributed by atoms with Gasteiger partial charge in [-0.3, -0.25) is 19.2 Å². The first-order valence-electron chi connectivity index (χ1n) is 19.6. The second kappa shape index (κ2) is 16.7. The van der Waals surface area contributed by atoms with Gasteiger partial charge in [0.05, 0.1) is 27.1 Å². The van der Waals surface area contributed by atoms with E-state index in [1.807, 2.05) is 109 Å². The molecule has 12 nitrogen and oxygen atoms in total. The number of nitrogens with zero attached hydrogens (tertiary/aromatic N) is 2. The molecule has 12 heteroatoms. The van der Waals surface area contributed by atoms with E-state index in [0.717, 1.165) is 68.4 Å². The van der Waals surface area contributed by atoms with E-state index in [9.17, 15) is 19.2 Å². The van der Waals surface area contributed by atoms with Crippen LogP contribution in [0.25, 0.3) is 34.0 Å². The third-order valence-corrected chi connectivity index (χ3v) is 11.2. The third kappa shape index (κ3) is 8.17. The van der Waals surface area contributed by atoms with Gasteiger partial charge >= 0.3 is 0 Å². The Morgan fingerprint density at radius 2 is 1.03 bits per heavy atom. The molecule has 2 fully saturated rings. The highest BCUT2D eigenvalue weighted by atomic mass is 16.5. The minimum atomic E-state index is -0.527. The van der Waals surface area contributed by atoms with Crippen LogP contribution >= 0.6 is 0 Å². The molecule has 4 aromatic carbocycles. The van der Waals surface area contributed by atoms with E-state index in [1.54, 1.807) is 24.0 Å². The Morgan fingerprint density at radius 3 is 1.43 bits per heavy atom. The highest BCUT2D eigenvalue weighted by Gasteiger charge is 2.35. The van der Waals surface area contributed by atoms with Crippen molar-refractivity contribution in [2.45, 2.75) is 50.6 Å². The fraction of sp³-hybridized carbons (Fsp3) is 0.261. The molecule has 0 unspecified atom stereocenters. The van der Waals surface area contributed by atoms with Gasteiger partial charge in [0.1, 0.15) is 23.6 Å². The summed E-state index contributed by atoms with van der Waals surface area (Å²) in [5.41, 5.74) is 6.81. The van der Waals surface area contributed by atoms with Crippen LogP contribution in [0.1, 0.15) is 47.9 Å². The fourth-order valence-electron chi connectivity index (χ4n) is 8.06. The Kier molecular flexibility index (Phi) is 11.0. The first kappa shape index (κ1) is 38.1. The number of methoxy groups -OCH3 is 2. The van der Waals surface area contributed by atoms with Crippen molar-refractivity contribution in [2.75, 3.05) is 37.9 Å². The summed E-state index contributed by atoms with van der Waals surface area (Å²) >= 11 is 0. The lowest BCUT2D eigenvalue weighted by Crippen LogP contribution is -2.43. The van der Waals surface area contributed by atoms with Crippen LogP contribution in [0.3, 0.4) is 0 Å². The predicted molar refractivity (Wildman–Crippen MR) is 226 cm³/mol. The number of hydrogen-bond acceptors (Lipinski definition) is 6. The normalized spacial score (nSPS) is 16.7. The molecular weight excluding hydrogens is 733 g/mol. The van der Waals surface area contributed by atoms with Crippen molar-refractivity contribution in [1.82, 2.24) is 19.8 Å². The third-order valence-electron chi connectivity index (χ3n) is 11.2. The molecule has 4 N–H and O–H groups in total. The smallest absolute Gasteiger partial charge is 0.247 e. The van der Waals surface area contributed by atoms with E-state index >= 15 is 0 Å². The number of carbonyl (C=O) groups excluding carboxylic acids is 4. The summed E-state index contributed by atoms with van der Waals surface area (Å²) in [5.74, 6) is 0.902. The van der Waals surface area contributed by atoms with Crippen molar-refractivity contribution in [3.63, 3.8) is 0 Å². The number of anilines is 2. The molecule has 6 aromatic rings. The highest BCUT2D eigenvalue weighted by Crippen LogP contribution is 2.28. The summed E-state index contributed by atoms with van der Waals surface area (Å²) in [5, 5.41) is 7.88. The molecule has 0 radical (unpaired) electrons. The van der Waals surface area contributed by atoms with Crippen LogP contribution in [0.2, 0.25) is 0 Å². The summed E-state index contributed by atoms with van der Waals surface area (Å²) in [6, 6.07) is 25.5. The number of ether oxygens (including phenoxy) is 2. The van der Waals surface area contributed by atoms with Crippen LogP contribution in [0.5, 0.6) is 11.5 Å². The summed E-state index contributed by atoms with van der Waals surface area (Å²) < 4.78 is 10.7. The van der Waals surface area contributed by atoms with Crippen LogP contribution in [-0.2, 0) is 32.0 Å². The van der Waals surface area contributed by atoms with Crippen LogP contribution in [-0.4, -0.2) is 82.8 Å². The van der Waals surface area contributed by atoms with Crippen molar-refractivity contribution in [3.8, 4) is 11.5 Å². The van der Waals surface area contributed by atoms with Crippen molar-refractivity contribution in [3.05, 3.63) is 120 Å². The standard InChI is InChI=1S/C46H46N6O6/c1-57-35-17-19-39-37(25-35)31(27-47-39)23-43(53)51-21-3-5-41(51)45(55)49-33-13-9-29(10-14-33)7-8-30-11-15-34(16-12-30)50-46(56)42-6-4-22-52(42)44(54)24-32-28-48-40-20-18-36(58-2)26-38(32)40/h7-20,25-28,41-42,47-48H,3-6,21-24H2,1-2H3,(H,49,55)(H,50,56)/t41-,42-/m0/s1. The summed E-state index contributed by atoms with van der Waals surface area (Å²) in [7, 11) is 3.23. The predicted octanol–water partition coefficient (Wildman–Crippen LogP) is 7.18. The number of aromatic nitrogens is 2. The molecule has 0 saturated carbocycles. The molecule has 0 spiro atoms. The molecule has 2 aromatic heterocycles. The molecule has 2 atom stereocenters. The number of hydrogen-bond donors (Lipinski definition) is 4. The van der Waals surface area contributed by atoms with Gasteiger partial charge in [0.2, 0.25) is 23.6 Å². The number of likely N-dealkylation sites (tertiary alicyclic amines) is 2. The number of amides is 4. The van der Waals surface area contributed by atoms with Crippen molar-refractivity contribution in [1.29, 1.82) is 0 Å². The molecule has 4 heterocycles. The lowest BCUT2D eigenvalue weighted by molar-refractivity contribution is -0.136. The zero-order chi connectivity index (χ0) is 40.2. The second-order valence-corrected chi connectivity index (χ2v) is 14.9. The van der Waals surface area contributed by atoms with Gasteiger partial charge in [0, 0.05) is 58.7 Å². The van der Waals surface area contributed by atoms with Crippen LogP contribution in [0.4, 0.5) is 11.4 Å². The van der Waals surface area contributed by atoms with Crippen molar-refractivity contribution >= 4 is 69.0 Å². The van der Waals surface area contributed by atoms with E-state index in [-0.39, 0.29) is 36.5 Å². The van der Waals surface area contributed by atoms with Gasteiger partial charge in [-0.05, 0) is 109 Å². The molecule has 2 aliphatic heterocycles. The topological polar surface area (TPSA) is 149 Å². The van der Waals surface area contributed by atoms with E-state index < -0.39 is 12.1 Å². The van der Waals surface area contributed by atoms with E-state index in [1.165, 1.54) is 0 Å².